The topological polar surface area (TPSA) is 55.1 Å². The van der Waals surface area contributed by atoms with E-state index in [1.54, 1.807) is 11.3 Å². The zero-order valence-corrected chi connectivity index (χ0v) is 13.8. The molecule has 0 bridgehead atoms. The minimum absolute atomic E-state index is 0.198. The van der Waals surface area contributed by atoms with Crippen molar-refractivity contribution < 1.29 is 4.79 Å². The summed E-state index contributed by atoms with van der Waals surface area (Å²) in [5.74, 6) is 1.35. The maximum absolute atomic E-state index is 12.3. The van der Waals surface area contributed by atoms with Crippen molar-refractivity contribution >= 4 is 17.2 Å². The monoisotopic (exact) mass is 308 g/mol. The molecule has 4 heteroatoms. The molecule has 0 aromatic carbocycles. The van der Waals surface area contributed by atoms with E-state index in [-0.39, 0.29) is 11.9 Å². The number of nitrogens with two attached hydrogens (primary N) is 1. The Bertz CT molecular complexity index is 412. The van der Waals surface area contributed by atoms with E-state index in [9.17, 15) is 4.79 Å². The molecule has 0 aliphatic heterocycles. The first kappa shape index (κ1) is 16.5. The quantitative estimate of drug-likeness (QED) is 0.766. The summed E-state index contributed by atoms with van der Waals surface area (Å²) in [7, 11) is 0. The number of hydrogen-bond donors (Lipinski definition) is 2. The molecule has 1 aliphatic rings. The summed E-state index contributed by atoms with van der Waals surface area (Å²) < 4.78 is 0. The van der Waals surface area contributed by atoms with Gasteiger partial charge >= 0.3 is 0 Å². The van der Waals surface area contributed by atoms with Crippen LogP contribution < -0.4 is 11.1 Å². The summed E-state index contributed by atoms with van der Waals surface area (Å²) in [6.07, 6.45) is 7.65. The summed E-state index contributed by atoms with van der Waals surface area (Å²) in [6, 6.07) is 4.47. The first-order chi connectivity index (χ1) is 10.2. The second kappa shape index (κ2) is 8.54. The van der Waals surface area contributed by atoms with Crippen molar-refractivity contribution in [2.45, 2.75) is 57.9 Å². The van der Waals surface area contributed by atoms with Gasteiger partial charge in [0.1, 0.15) is 0 Å². The van der Waals surface area contributed by atoms with Gasteiger partial charge in [-0.2, -0.15) is 0 Å². The number of rotatable bonds is 8. The molecule has 1 aromatic heterocycles. The Kier molecular flexibility index (Phi) is 6.71. The third kappa shape index (κ3) is 5.11. The molecule has 0 saturated heterocycles. The Hall–Kier alpha value is -0.870. The van der Waals surface area contributed by atoms with E-state index < -0.39 is 0 Å². The normalized spacial score (nSPS) is 18.6. The third-order valence-electron chi connectivity index (χ3n) is 4.56. The molecule has 1 heterocycles. The molecular formula is C17H28N2OS. The lowest BCUT2D eigenvalue weighted by Crippen LogP contribution is -2.32. The Morgan fingerprint density at radius 1 is 1.43 bits per heavy atom. The zero-order valence-electron chi connectivity index (χ0n) is 13.0. The van der Waals surface area contributed by atoms with E-state index >= 15 is 0 Å². The van der Waals surface area contributed by atoms with Crippen molar-refractivity contribution in [3.8, 4) is 0 Å². The molecule has 1 amide bonds. The van der Waals surface area contributed by atoms with Crippen molar-refractivity contribution in [1.82, 2.24) is 5.32 Å². The van der Waals surface area contributed by atoms with Crippen LogP contribution in [0.3, 0.4) is 0 Å². The van der Waals surface area contributed by atoms with Crippen LogP contribution in [-0.4, -0.2) is 12.5 Å². The van der Waals surface area contributed by atoms with Crippen LogP contribution in [0.4, 0.5) is 0 Å². The number of carbonyl (C=O) groups is 1. The van der Waals surface area contributed by atoms with Crippen molar-refractivity contribution in [1.29, 1.82) is 0 Å². The van der Waals surface area contributed by atoms with Gasteiger partial charge in [-0.1, -0.05) is 25.8 Å². The Labute approximate surface area is 132 Å². The molecule has 2 rings (SSSR count). The number of amides is 1. The van der Waals surface area contributed by atoms with Gasteiger partial charge < -0.3 is 11.1 Å². The molecule has 1 fully saturated rings. The molecule has 118 valence electrons. The van der Waals surface area contributed by atoms with Crippen molar-refractivity contribution in [3.63, 3.8) is 0 Å². The highest BCUT2D eigenvalue weighted by Gasteiger charge is 2.28. The number of thiophene rings is 1. The smallest absolute Gasteiger partial charge is 0.220 e. The van der Waals surface area contributed by atoms with E-state index in [4.69, 9.17) is 5.73 Å². The highest BCUT2D eigenvalue weighted by atomic mass is 32.1. The molecule has 0 spiro atoms. The van der Waals surface area contributed by atoms with Crippen LogP contribution in [0.15, 0.2) is 17.5 Å². The van der Waals surface area contributed by atoms with Crippen LogP contribution in [0.25, 0.3) is 0 Å². The fraction of sp³-hybridized carbons (Fsp3) is 0.706. The maximum Gasteiger partial charge on any atom is 0.220 e. The predicted octanol–water partition coefficient (Wildman–Crippen LogP) is 3.86. The Morgan fingerprint density at radius 3 is 2.81 bits per heavy atom. The largest absolute Gasteiger partial charge is 0.348 e. The van der Waals surface area contributed by atoms with Gasteiger partial charge in [0.05, 0.1) is 6.04 Å². The zero-order chi connectivity index (χ0) is 15.1. The summed E-state index contributed by atoms with van der Waals surface area (Å²) in [5, 5.41) is 5.40. The predicted molar refractivity (Wildman–Crippen MR) is 89.2 cm³/mol. The van der Waals surface area contributed by atoms with Crippen LogP contribution in [0.5, 0.6) is 0 Å². The first-order valence-corrected chi connectivity index (χ1v) is 9.11. The molecule has 21 heavy (non-hydrogen) atoms. The molecular weight excluding hydrogens is 280 g/mol. The number of carbonyl (C=O) groups excluding carboxylic acids is 1. The van der Waals surface area contributed by atoms with E-state index in [2.05, 4.69) is 29.8 Å². The van der Waals surface area contributed by atoms with E-state index in [1.807, 2.05) is 0 Å². The number of nitrogens with one attached hydrogen (secondary N) is 1. The van der Waals surface area contributed by atoms with Crippen LogP contribution in [-0.2, 0) is 4.79 Å². The molecule has 2 unspecified atom stereocenters. The fourth-order valence-corrected chi connectivity index (χ4v) is 4.10. The molecule has 3 nitrogen and oxygen atoms in total. The minimum atomic E-state index is 0.198. The van der Waals surface area contributed by atoms with E-state index in [0.717, 1.165) is 12.8 Å². The Morgan fingerprint density at radius 2 is 2.19 bits per heavy atom. The fourth-order valence-electron chi connectivity index (χ4n) is 3.23. The van der Waals surface area contributed by atoms with Crippen molar-refractivity contribution in [3.05, 3.63) is 22.4 Å². The van der Waals surface area contributed by atoms with Gasteiger partial charge in [0.25, 0.3) is 0 Å². The van der Waals surface area contributed by atoms with Gasteiger partial charge in [-0.25, -0.2) is 0 Å². The Balaban J connectivity index is 1.88. The van der Waals surface area contributed by atoms with Gasteiger partial charge in [0.2, 0.25) is 5.91 Å². The molecule has 1 saturated carbocycles. The lowest BCUT2D eigenvalue weighted by molar-refractivity contribution is -0.122. The average molecular weight is 308 g/mol. The van der Waals surface area contributed by atoms with Gasteiger partial charge in [-0.05, 0) is 55.5 Å². The highest BCUT2D eigenvalue weighted by molar-refractivity contribution is 7.10. The summed E-state index contributed by atoms with van der Waals surface area (Å²) in [5.41, 5.74) is 5.56. The lowest BCUT2D eigenvalue weighted by Gasteiger charge is -2.24. The SMILES string of the molecule is CC(CCN)CCC(=O)NC(c1cccs1)C1CCCC1. The lowest BCUT2D eigenvalue weighted by atomic mass is 9.96. The van der Waals surface area contributed by atoms with Gasteiger partial charge in [0, 0.05) is 11.3 Å². The molecule has 2 atom stereocenters. The average Bonchev–Trinajstić information content (AvgIpc) is 3.15. The molecule has 1 aromatic rings. The second-order valence-corrected chi connectivity index (χ2v) is 7.31. The number of hydrogen-bond acceptors (Lipinski definition) is 3. The summed E-state index contributed by atoms with van der Waals surface area (Å²) >= 11 is 1.76. The third-order valence-corrected chi connectivity index (χ3v) is 5.52. The maximum atomic E-state index is 12.3. The summed E-state index contributed by atoms with van der Waals surface area (Å²) in [4.78, 5) is 13.6. The van der Waals surface area contributed by atoms with Crippen LogP contribution in [0.1, 0.15) is 62.8 Å². The van der Waals surface area contributed by atoms with E-state index in [1.165, 1.54) is 30.6 Å². The van der Waals surface area contributed by atoms with Gasteiger partial charge in [0.15, 0.2) is 0 Å². The molecule has 1 aliphatic carbocycles. The minimum Gasteiger partial charge on any atom is -0.348 e. The summed E-state index contributed by atoms with van der Waals surface area (Å²) in [6.45, 7) is 2.89. The van der Waals surface area contributed by atoms with Crippen molar-refractivity contribution in [2.24, 2.45) is 17.6 Å². The van der Waals surface area contributed by atoms with Crippen LogP contribution in [0, 0.1) is 11.8 Å². The van der Waals surface area contributed by atoms with Gasteiger partial charge in [-0.15, -0.1) is 11.3 Å². The first-order valence-electron chi connectivity index (χ1n) is 8.23. The van der Waals surface area contributed by atoms with Crippen molar-refractivity contribution in [2.75, 3.05) is 6.54 Å². The van der Waals surface area contributed by atoms with E-state index in [0.29, 0.717) is 24.8 Å². The van der Waals surface area contributed by atoms with Crippen LogP contribution in [0.2, 0.25) is 0 Å². The van der Waals surface area contributed by atoms with Crippen LogP contribution >= 0.6 is 11.3 Å². The standard InChI is InChI=1S/C17H28N2OS/c1-13(10-11-18)8-9-16(20)19-17(14-5-2-3-6-14)15-7-4-12-21-15/h4,7,12-14,17H,2-3,5-6,8-11,18H2,1H3,(H,19,20). The highest BCUT2D eigenvalue weighted by Crippen LogP contribution is 2.37. The van der Waals surface area contributed by atoms with Gasteiger partial charge in [-0.3, -0.25) is 4.79 Å². The molecule has 0 radical (unpaired) electrons. The molecule has 3 N–H and O–H groups in total. The second-order valence-electron chi connectivity index (χ2n) is 6.33.